The molecule has 162 valence electrons. The number of aliphatic hydroxyl groups is 2. The summed E-state index contributed by atoms with van der Waals surface area (Å²) in [6, 6.07) is -2.51. The lowest BCUT2D eigenvalue weighted by atomic mass is 9.82. The summed E-state index contributed by atoms with van der Waals surface area (Å²) in [4.78, 5) is 45.2. The number of carbonyl (C=O) groups is 4. The van der Waals surface area contributed by atoms with Gasteiger partial charge < -0.3 is 31.2 Å². The zero-order chi connectivity index (χ0) is 22.0. The topological polar surface area (TPSA) is 203 Å². The Morgan fingerprint density at radius 1 is 0.964 bits per heavy atom. The van der Waals surface area contributed by atoms with Gasteiger partial charge in [0.2, 0.25) is 5.60 Å². The molecule has 0 spiro atoms. The highest BCUT2D eigenvalue weighted by atomic mass is 16.8. The van der Waals surface area contributed by atoms with Crippen molar-refractivity contribution in [1.29, 1.82) is 0 Å². The number of rotatable bonds is 10. The van der Waals surface area contributed by atoms with Gasteiger partial charge in [0.05, 0.1) is 0 Å². The molecule has 0 aliphatic carbocycles. The van der Waals surface area contributed by atoms with Gasteiger partial charge in [-0.15, -0.1) is 0 Å². The molecule has 0 bridgehead atoms. The van der Waals surface area contributed by atoms with Crippen LogP contribution in [0.5, 0.6) is 0 Å². The summed E-state index contributed by atoms with van der Waals surface area (Å²) in [6.07, 6.45) is -0.229. The minimum absolute atomic E-state index is 0.108. The smallest absolute Gasteiger partial charge is 0.419 e. The Bertz CT molecular complexity index is 569. The molecule has 8 N–H and O–H groups in total. The first-order valence-electron chi connectivity index (χ1n) is 8.96. The fraction of sp³-hybridized carbons (Fsp3) is 0.750. The molecule has 0 aromatic rings. The molecule has 2 unspecified atom stereocenters. The number of ether oxygens (including phenoxy) is 2. The van der Waals surface area contributed by atoms with Crippen LogP contribution in [0.2, 0.25) is 0 Å². The van der Waals surface area contributed by atoms with E-state index in [1.54, 1.807) is 5.32 Å². The third-order valence-electron chi connectivity index (χ3n) is 4.30. The molecule has 2 atom stereocenters. The summed E-state index contributed by atoms with van der Waals surface area (Å²) in [5, 5.41) is 24.1. The number of alkyl carbamates (subject to hydrolysis) is 2. The standard InChI is InChI=1S/C16H30N4O8/c1-4-7-8-10(5-2)9-15(6-3,27-13(23)19-11(17)21)16(25,26)28-14(24)20-12(18)22/h10,25-26H,4-9H2,1-3H3,(H3,17,19,21,23)(H3,18,20,22,24). The number of amides is 6. The molecule has 12 heteroatoms. The molecule has 6 amide bonds. The Kier molecular flexibility index (Phi) is 10.2. The van der Waals surface area contributed by atoms with Crippen LogP contribution in [0.15, 0.2) is 0 Å². The van der Waals surface area contributed by atoms with Crippen LogP contribution in [0.25, 0.3) is 0 Å². The van der Waals surface area contributed by atoms with Crippen LogP contribution in [0.3, 0.4) is 0 Å². The zero-order valence-corrected chi connectivity index (χ0v) is 16.3. The van der Waals surface area contributed by atoms with Gasteiger partial charge in [0, 0.05) is 0 Å². The SMILES string of the molecule is CCCCC(CC)CC(CC)(OC(=O)NC(N)=O)C(O)(O)OC(=O)NC(N)=O. The summed E-state index contributed by atoms with van der Waals surface area (Å²) in [5.74, 6) is -3.47. The van der Waals surface area contributed by atoms with Crippen molar-refractivity contribution in [2.45, 2.75) is 70.9 Å². The highest BCUT2D eigenvalue weighted by molar-refractivity contribution is 5.90. The summed E-state index contributed by atoms with van der Waals surface area (Å²) in [7, 11) is 0. The Labute approximate surface area is 162 Å². The van der Waals surface area contributed by atoms with E-state index in [2.05, 4.69) is 4.74 Å². The van der Waals surface area contributed by atoms with Gasteiger partial charge in [0.25, 0.3) is 0 Å². The van der Waals surface area contributed by atoms with Crippen molar-refractivity contribution in [1.82, 2.24) is 10.6 Å². The largest absolute Gasteiger partial charge is 0.433 e. The first-order chi connectivity index (χ1) is 12.9. The van der Waals surface area contributed by atoms with E-state index >= 15 is 0 Å². The van der Waals surface area contributed by atoms with Gasteiger partial charge in [0.15, 0.2) is 0 Å². The van der Waals surface area contributed by atoms with Crippen molar-refractivity contribution in [2.75, 3.05) is 0 Å². The van der Waals surface area contributed by atoms with Crippen molar-refractivity contribution >= 4 is 24.2 Å². The Morgan fingerprint density at radius 3 is 1.86 bits per heavy atom. The maximum absolute atomic E-state index is 11.9. The van der Waals surface area contributed by atoms with Crippen molar-refractivity contribution < 1.29 is 38.9 Å². The maximum Gasteiger partial charge on any atom is 0.419 e. The number of nitrogens with two attached hydrogens (primary N) is 2. The quantitative estimate of drug-likeness (QED) is 0.288. The van der Waals surface area contributed by atoms with Crippen LogP contribution in [-0.4, -0.2) is 46.0 Å². The number of imide groups is 2. The minimum Gasteiger partial charge on any atom is -0.433 e. The van der Waals surface area contributed by atoms with Gasteiger partial charge >= 0.3 is 30.2 Å². The summed E-state index contributed by atoms with van der Waals surface area (Å²) in [5.41, 5.74) is 7.50. The molecular formula is C16H30N4O8. The molecule has 0 aromatic heterocycles. The molecule has 0 rings (SSSR count). The average Bonchev–Trinajstić information content (AvgIpc) is 2.55. The van der Waals surface area contributed by atoms with Crippen LogP contribution in [-0.2, 0) is 9.47 Å². The van der Waals surface area contributed by atoms with Crippen molar-refractivity contribution in [3.05, 3.63) is 0 Å². The lowest BCUT2D eigenvalue weighted by molar-refractivity contribution is -0.387. The molecule has 28 heavy (non-hydrogen) atoms. The van der Waals surface area contributed by atoms with Gasteiger partial charge in [-0.3, -0.25) is 0 Å². The van der Waals surface area contributed by atoms with Crippen molar-refractivity contribution in [3.8, 4) is 0 Å². The van der Waals surface area contributed by atoms with Gasteiger partial charge in [0.1, 0.15) is 0 Å². The number of hydrogen-bond acceptors (Lipinski definition) is 8. The second-order valence-electron chi connectivity index (χ2n) is 6.33. The molecule has 0 aromatic carbocycles. The third-order valence-corrected chi connectivity index (χ3v) is 4.30. The van der Waals surface area contributed by atoms with Crippen molar-refractivity contribution in [2.24, 2.45) is 17.4 Å². The fourth-order valence-corrected chi connectivity index (χ4v) is 2.75. The highest BCUT2D eigenvalue weighted by Crippen LogP contribution is 2.38. The maximum atomic E-state index is 11.9. The van der Waals surface area contributed by atoms with E-state index in [1.165, 1.54) is 12.2 Å². The second-order valence-corrected chi connectivity index (χ2v) is 6.33. The Hall–Kier alpha value is -2.60. The summed E-state index contributed by atoms with van der Waals surface area (Å²) >= 11 is 0. The first kappa shape index (κ1) is 25.4. The summed E-state index contributed by atoms with van der Waals surface area (Å²) < 4.78 is 9.61. The summed E-state index contributed by atoms with van der Waals surface area (Å²) in [6.45, 7) is 5.30. The van der Waals surface area contributed by atoms with E-state index in [1.807, 2.05) is 13.8 Å². The van der Waals surface area contributed by atoms with Gasteiger partial charge in [-0.25, -0.2) is 29.8 Å². The van der Waals surface area contributed by atoms with Gasteiger partial charge in [-0.05, 0) is 18.8 Å². The van der Waals surface area contributed by atoms with Crippen LogP contribution in [0, 0.1) is 5.92 Å². The zero-order valence-electron chi connectivity index (χ0n) is 16.3. The molecule has 12 nitrogen and oxygen atoms in total. The second kappa shape index (κ2) is 11.3. The van der Waals surface area contributed by atoms with Gasteiger partial charge in [-0.1, -0.05) is 46.5 Å². The average molecular weight is 406 g/mol. The van der Waals surface area contributed by atoms with E-state index in [0.29, 0.717) is 12.8 Å². The van der Waals surface area contributed by atoms with E-state index in [-0.39, 0.29) is 18.8 Å². The van der Waals surface area contributed by atoms with Crippen LogP contribution in [0.1, 0.15) is 59.3 Å². The van der Waals surface area contributed by atoms with Gasteiger partial charge in [-0.2, -0.15) is 0 Å². The number of primary amides is 2. The third kappa shape index (κ3) is 7.96. The van der Waals surface area contributed by atoms with E-state index < -0.39 is 35.8 Å². The molecule has 0 heterocycles. The number of nitrogens with one attached hydrogen (secondary N) is 2. The van der Waals surface area contributed by atoms with Crippen LogP contribution in [0.4, 0.5) is 19.2 Å². The molecule has 0 saturated carbocycles. The minimum atomic E-state index is -3.34. The lowest BCUT2D eigenvalue weighted by Gasteiger charge is -2.42. The normalized spacial score (nSPS) is 14.3. The van der Waals surface area contributed by atoms with Crippen LogP contribution < -0.4 is 22.1 Å². The predicted molar refractivity (Wildman–Crippen MR) is 96.5 cm³/mol. The van der Waals surface area contributed by atoms with Crippen molar-refractivity contribution in [3.63, 3.8) is 0 Å². The Morgan fingerprint density at radius 2 is 1.46 bits per heavy atom. The molecular weight excluding hydrogens is 376 g/mol. The number of hydrogen-bond donors (Lipinski definition) is 6. The molecule has 0 aliphatic rings. The first-order valence-corrected chi connectivity index (χ1v) is 8.96. The monoisotopic (exact) mass is 406 g/mol. The molecule has 0 fully saturated rings. The number of urea groups is 2. The lowest BCUT2D eigenvalue weighted by Crippen LogP contribution is -2.62. The fourth-order valence-electron chi connectivity index (χ4n) is 2.75. The Balaban J connectivity index is 5.80. The molecule has 0 radical (unpaired) electrons. The van der Waals surface area contributed by atoms with E-state index in [0.717, 1.165) is 12.8 Å². The molecule has 0 saturated heterocycles. The number of carbonyl (C=O) groups excluding carboxylic acids is 4. The number of unbranched alkanes of at least 4 members (excludes halogenated alkanes) is 1. The van der Waals surface area contributed by atoms with E-state index in [9.17, 15) is 29.4 Å². The molecule has 0 aliphatic heterocycles. The highest BCUT2D eigenvalue weighted by Gasteiger charge is 2.56. The van der Waals surface area contributed by atoms with E-state index in [4.69, 9.17) is 16.2 Å². The van der Waals surface area contributed by atoms with Crippen LogP contribution >= 0.6 is 0 Å². The predicted octanol–water partition coefficient (Wildman–Crippen LogP) is 0.990.